The van der Waals surface area contributed by atoms with Crippen LogP contribution in [0.3, 0.4) is 0 Å². The van der Waals surface area contributed by atoms with Gasteiger partial charge in [-0.15, -0.1) is 0 Å². The molecule has 3 N–H and O–H groups in total. The maximum atomic E-state index is 13.0. The molecule has 4 rings (SSSR count). The third kappa shape index (κ3) is 4.12. The minimum atomic E-state index is -0.554. The molecule has 152 valence electrons. The Morgan fingerprint density at radius 2 is 1.79 bits per heavy atom. The Balaban J connectivity index is 1.38. The second kappa shape index (κ2) is 7.87. The summed E-state index contributed by atoms with van der Waals surface area (Å²) in [7, 11) is 0. The molecule has 2 amide bonds. The number of hydrogen-bond donors (Lipinski definition) is 3. The molecule has 2 aliphatic heterocycles. The van der Waals surface area contributed by atoms with Crippen LogP contribution in [-0.2, 0) is 22.6 Å². The van der Waals surface area contributed by atoms with Gasteiger partial charge in [0.15, 0.2) is 0 Å². The lowest BCUT2D eigenvalue weighted by molar-refractivity contribution is -0.147. The van der Waals surface area contributed by atoms with E-state index >= 15 is 0 Å². The van der Waals surface area contributed by atoms with Gasteiger partial charge in [-0.1, -0.05) is 30.3 Å². The number of piperazine rings is 1. The van der Waals surface area contributed by atoms with Crippen LogP contribution < -0.4 is 10.6 Å². The fraction of sp³-hybridized carbons (Fsp3) is 0.391. The number of nitrogens with one attached hydrogen (secondary N) is 2. The summed E-state index contributed by atoms with van der Waals surface area (Å²) in [4.78, 5) is 27.3. The first-order chi connectivity index (χ1) is 13.9. The summed E-state index contributed by atoms with van der Waals surface area (Å²) in [6.07, 6.45) is 1.06. The number of hydrogen-bond acceptors (Lipinski definition) is 4. The average Bonchev–Trinajstić information content (AvgIpc) is 3.14. The molecule has 2 fully saturated rings. The molecular weight excluding hydrogens is 366 g/mol. The molecule has 6 nitrogen and oxygen atoms in total. The summed E-state index contributed by atoms with van der Waals surface area (Å²) in [5.41, 5.74) is 4.65. The van der Waals surface area contributed by atoms with E-state index in [4.69, 9.17) is 0 Å². The normalized spacial score (nSPS) is 23.8. The lowest BCUT2D eigenvalue weighted by atomic mass is 10.0. The van der Waals surface area contributed by atoms with Crippen LogP contribution in [0.4, 0.5) is 0 Å². The zero-order valence-corrected chi connectivity index (χ0v) is 16.8. The molecule has 0 radical (unpaired) electrons. The lowest BCUT2D eigenvalue weighted by Crippen LogP contribution is -2.61. The SMILES string of the molecule is Cc1ccc(CN[C@H]2C[C@H]3C(=O)N[C@@H](Cc4ccc(O)cc4)C(=O)N3C2)cc1C. The van der Waals surface area contributed by atoms with Gasteiger partial charge in [0.1, 0.15) is 17.8 Å². The van der Waals surface area contributed by atoms with Crippen molar-refractivity contribution in [3.63, 3.8) is 0 Å². The van der Waals surface area contributed by atoms with Crippen molar-refractivity contribution in [2.45, 2.75) is 51.4 Å². The number of phenols is 1. The smallest absolute Gasteiger partial charge is 0.246 e. The summed E-state index contributed by atoms with van der Waals surface area (Å²) < 4.78 is 0. The number of carbonyl (C=O) groups is 2. The van der Waals surface area contributed by atoms with Crippen LogP contribution >= 0.6 is 0 Å². The summed E-state index contributed by atoms with van der Waals surface area (Å²) >= 11 is 0. The molecule has 0 bridgehead atoms. The predicted molar refractivity (Wildman–Crippen MR) is 110 cm³/mol. The van der Waals surface area contributed by atoms with Crippen LogP contribution in [0.5, 0.6) is 5.75 Å². The van der Waals surface area contributed by atoms with Gasteiger partial charge < -0.3 is 20.6 Å². The summed E-state index contributed by atoms with van der Waals surface area (Å²) in [6.45, 7) is 5.47. The molecule has 0 saturated carbocycles. The van der Waals surface area contributed by atoms with Gasteiger partial charge >= 0.3 is 0 Å². The zero-order chi connectivity index (χ0) is 20.5. The number of carbonyl (C=O) groups excluding carboxylic acids is 2. The molecule has 0 unspecified atom stereocenters. The minimum Gasteiger partial charge on any atom is -0.508 e. The Bertz CT molecular complexity index is 925. The van der Waals surface area contributed by atoms with Gasteiger partial charge in [0, 0.05) is 25.6 Å². The third-order valence-electron chi connectivity index (χ3n) is 6.04. The Hall–Kier alpha value is -2.86. The van der Waals surface area contributed by atoms with Crippen molar-refractivity contribution in [3.05, 3.63) is 64.7 Å². The van der Waals surface area contributed by atoms with Crippen LogP contribution in [0, 0.1) is 13.8 Å². The van der Waals surface area contributed by atoms with Crippen molar-refractivity contribution in [3.8, 4) is 5.75 Å². The quantitative estimate of drug-likeness (QED) is 0.724. The first-order valence-electron chi connectivity index (χ1n) is 10.1. The lowest BCUT2D eigenvalue weighted by Gasteiger charge is -2.34. The average molecular weight is 393 g/mol. The number of aryl methyl sites for hydroxylation is 2. The van der Waals surface area contributed by atoms with Crippen LogP contribution in [-0.4, -0.2) is 46.5 Å². The van der Waals surface area contributed by atoms with Crippen molar-refractivity contribution >= 4 is 11.8 Å². The molecular formula is C23H27N3O3. The van der Waals surface area contributed by atoms with Crippen molar-refractivity contribution in [2.24, 2.45) is 0 Å². The van der Waals surface area contributed by atoms with Crippen molar-refractivity contribution in [1.29, 1.82) is 0 Å². The topological polar surface area (TPSA) is 81.7 Å². The molecule has 0 aromatic heterocycles. The molecule has 3 atom stereocenters. The molecule has 0 spiro atoms. The monoisotopic (exact) mass is 393 g/mol. The Morgan fingerprint density at radius 1 is 1.07 bits per heavy atom. The number of fused-ring (bicyclic) bond motifs is 1. The van der Waals surface area contributed by atoms with Crippen LogP contribution in [0.1, 0.15) is 28.7 Å². The number of rotatable bonds is 5. The van der Waals surface area contributed by atoms with Crippen molar-refractivity contribution in [1.82, 2.24) is 15.5 Å². The number of benzene rings is 2. The number of amides is 2. The van der Waals surface area contributed by atoms with E-state index in [1.807, 2.05) is 0 Å². The van der Waals surface area contributed by atoms with Gasteiger partial charge in [-0.25, -0.2) is 0 Å². The summed E-state index contributed by atoms with van der Waals surface area (Å²) in [6, 6.07) is 12.3. The van der Waals surface area contributed by atoms with E-state index in [0.717, 1.165) is 12.1 Å². The van der Waals surface area contributed by atoms with Gasteiger partial charge in [0.2, 0.25) is 11.8 Å². The van der Waals surface area contributed by atoms with Crippen molar-refractivity contribution < 1.29 is 14.7 Å². The fourth-order valence-corrected chi connectivity index (χ4v) is 4.19. The highest BCUT2D eigenvalue weighted by Crippen LogP contribution is 2.24. The molecule has 2 aromatic carbocycles. The second-order valence-corrected chi connectivity index (χ2v) is 8.17. The van der Waals surface area contributed by atoms with Crippen LogP contribution in [0.15, 0.2) is 42.5 Å². The van der Waals surface area contributed by atoms with Crippen molar-refractivity contribution in [2.75, 3.05) is 6.54 Å². The van der Waals surface area contributed by atoms with E-state index in [2.05, 4.69) is 42.7 Å². The summed E-state index contributed by atoms with van der Waals surface area (Å²) in [5.74, 6) is 0.0760. The zero-order valence-electron chi connectivity index (χ0n) is 16.8. The van der Waals surface area contributed by atoms with E-state index in [9.17, 15) is 14.7 Å². The van der Waals surface area contributed by atoms with Crippen LogP contribution in [0.2, 0.25) is 0 Å². The Kier molecular flexibility index (Phi) is 5.28. The number of nitrogens with zero attached hydrogens (tertiary/aromatic N) is 1. The maximum Gasteiger partial charge on any atom is 0.246 e. The van der Waals surface area contributed by atoms with E-state index in [-0.39, 0.29) is 23.6 Å². The second-order valence-electron chi connectivity index (χ2n) is 8.17. The minimum absolute atomic E-state index is 0.0295. The third-order valence-corrected chi connectivity index (χ3v) is 6.04. The highest BCUT2D eigenvalue weighted by molar-refractivity contribution is 5.97. The van der Waals surface area contributed by atoms with E-state index in [0.29, 0.717) is 19.4 Å². The Labute approximate surface area is 170 Å². The largest absolute Gasteiger partial charge is 0.508 e. The first-order valence-corrected chi connectivity index (χ1v) is 10.1. The Morgan fingerprint density at radius 3 is 2.52 bits per heavy atom. The molecule has 2 saturated heterocycles. The molecule has 29 heavy (non-hydrogen) atoms. The molecule has 6 heteroatoms. The standard InChI is InChI=1S/C23H27N3O3/c1-14-3-4-17(9-15(14)2)12-24-18-11-21-22(28)25-20(23(29)26(21)13-18)10-16-5-7-19(27)8-6-16/h3-9,18,20-21,24,27H,10-13H2,1-2H3,(H,25,28)/t18-,20-,21-/m0/s1. The van der Waals surface area contributed by atoms with Gasteiger partial charge in [-0.05, 0) is 54.7 Å². The van der Waals surface area contributed by atoms with Gasteiger partial charge in [-0.3, -0.25) is 9.59 Å². The molecule has 2 heterocycles. The van der Waals surface area contributed by atoms with Gasteiger partial charge in [0.25, 0.3) is 0 Å². The van der Waals surface area contributed by atoms with E-state index in [1.165, 1.54) is 16.7 Å². The highest BCUT2D eigenvalue weighted by atomic mass is 16.3. The highest BCUT2D eigenvalue weighted by Gasteiger charge is 2.46. The number of aromatic hydroxyl groups is 1. The molecule has 2 aromatic rings. The van der Waals surface area contributed by atoms with Crippen LogP contribution in [0.25, 0.3) is 0 Å². The summed E-state index contributed by atoms with van der Waals surface area (Å²) in [5, 5.41) is 15.8. The first kappa shape index (κ1) is 19.5. The van der Waals surface area contributed by atoms with Gasteiger partial charge in [0.05, 0.1) is 0 Å². The van der Waals surface area contributed by atoms with E-state index < -0.39 is 12.1 Å². The molecule has 0 aliphatic carbocycles. The predicted octanol–water partition coefficient (Wildman–Crippen LogP) is 1.81. The maximum absolute atomic E-state index is 13.0. The van der Waals surface area contributed by atoms with Gasteiger partial charge in [-0.2, -0.15) is 0 Å². The number of phenolic OH excluding ortho intramolecular Hbond substituents is 1. The molecule has 2 aliphatic rings. The fourth-order valence-electron chi connectivity index (χ4n) is 4.19. The van der Waals surface area contributed by atoms with E-state index in [1.54, 1.807) is 29.2 Å².